The van der Waals surface area contributed by atoms with Gasteiger partial charge in [-0.3, -0.25) is 4.90 Å². The van der Waals surface area contributed by atoms with Gasteiger partial charge < -0.3 is 5.32 Å². The van der Waals surface area contributed by atoms with Gasteiger partial charge in [-0.25, -0.2) is 8.78 Å². The van der Waals surface area contributed by atoms with Gasteiger partial charge in [0.15, 0.2) is 0 Å². The Kier molecular flexibility index (Phi) is 5.65. The van der Waals surface area contributed by atoms with Crippen molar-refractivity contribution in [2.24, 2.45) is 0 Å². The van der Waals surface area contributed by atoms with E-state index in [9.17, 15) is 8.78 Å². The Balaban J connectivity index is 2.27. The molecule has 114 valence electrons. The quantitative estimate of drug-likeness (QED) is 0.837. The van der Waals surface area contributed by atoms with Crippen molar-refractivity contribution in [2.45, 2.75) is 19.4 Å². The molecular weight excluding hydrogens is 270 g/mol. The van der Waals surface area contributed by atoms with Crippen LogP contribution in [0.3, 0.4) is 0 Å². The van der Waals surface area contributed by atoms with E-state index < -0.39 is 6.43 Å². The Bertz CT molecular complexity index is 566. The van der Waals surface area contributed by atoms with E-state index in [0.29, 0.717) is 6.54 Å². The number of hydrogen-bond acceptors (Lipinski definition) is 2. The minimum atomic E-state index is -2.30. The van der Waals surface area contributed by atoms with Gasteiger partial charge in [-0.05, 0) is 29.9 Å². The van der Waals surface area contributed by atoms with E-state index in [1.807, 2.05) is 25.1 Å². The lowest BCUT2D eigenvalue weighted by atomic mass is 9.98. The van der Waals surface area contributed by atoms with Crippen molar-refractivity contribution >= 4 is 10.8 Å². The molecule has 4 heteroatoms. The molecule has 0 radical (unpaired) electrons. The Morgan fingerprint density at radius 2 is 1.76 bits per heavy atom. The molecule has 0 amide bonds. The Morgan fingerprint density at radius 3 is 2.48 bits per heavy atom. The van der Waals surface area contributed by atoms with Crippen molar-refractivity contribution in [1.82, 2.24) is 10.2 Å². The maximum absolute atomic E-state index is 12.5. The largest absolute Gasteiger partial charge is 0.309 e. The summed E-state index contributed by atoms with van der Waals surface area (Å²) in [5, 5.41) is 5.76. The number of rotatable bonds is 7. The zero-order chi connectivity index (χ0) is 15.2. The van der Waals surface area contributed by atoms with Gasteiger partial charge in [-0.1, -0.05) is 49.4 Å². The molecule has 1 atom stereocenters. The van der Waals surface area contributed by atoms with Crippen LogP contribution < -0.4 is 5.32 Å². The summed E-state index contributed by atoms with van der Waals surface area (Å²) in [6, 6.07) is 14.4. The van der Waals surface area contributed by atoms with Crippen molar-refractivity contribution in [2.75, 3.05) is 26.7 Å². The molecule has 0 bridgehead atoms. The lowest BCUT2D eigenvalue weighted by Crippen LogP contribution is -2.35. The van der Waals surface area contributed by atoms with Crippen LogP contribution in [-0.4, -0.2) is 38.0 Å². The number of nitrogens with one attached hydrogen (secondary N) is 1. The van der Waals surface area contributed by atoms with Crippen molar-refractivity contribution < 1.29 is 8.78 Å². The second kappa shape index (κ2) is 7.48. The van der Waals surface area contributed by atoms with E-state index in [2.05, 4.69) is 29.6 Å². The molecule has 0 saturated heterocycles. The SMILES string of the molecule is CCNC(CN(C)CC(F)F)c1cccc2ccccc12. The predicted octanol–water partition coefficient (Wildman–Crippen LogP) is 3.69. The lowest BCUT2D eigenvalue weighted by Gasteiger charge is -2.26. The van der Waals surface area contributed by atoms with E-state index in [-0.39, 0.29) is 12.6 Å². The smallest absolute Gasteiger partial charge is 0.251 e. The Labute approximate surface area is 124 Å². The minimum absolute atomic E-state index is 0.0462. The molecule has 0 aliphatic carbocycles. The van der Waals surface area contributed by atoms with Crippen LogP contribution in [0.1, 0.15) is 18.5 Å². The third-order valence-electron chi connectivity index (χ3n) is 3.59. The van der Waals surface area contributed by atoms with E-state index in [4.69, 9.17) is 0 Å². The number of hydrogen-bond donors (Lipinski definition) is 1. The van der Waals surface area contributed by atoms with Crippen molar-refractivity contribution in [3.05, 3.63) is 48.0 Å². The van der Waals surface area contributed by atoms with Crippen molar-refractivity contribution in [1.29, 1.82) is 0 Å². The number of alkyl halides is 2. The summed E-state index contributed by atoms with van der Waals surface area (Å²) < 4.78 is 25.0. The van der Waals surface area contributed by atoms with Crippen LogP contribution >= 0.6 is 0 Å². The third kappa shape index (κ3) is 4.22. The molecule has 2 rings (SSSR count). The van der Waals surface area contributed by atoms with Gasteiger partial charge in [0, 0.05) is 12.6 Å². The standard InChI is InChI=1S/C17H22F2N2/c1-3-20-16(11-21(2)12-17(18)19)15-10-6-8-13-7-4-5-9-14(13)15/h4-10,16-17,20H,3,11-12H2,1-2H3. The van der Waals surface area contributed by atoms with Gasteiger partial charge in [0.1, 0.15) is 0 Å². The fraction of sp³-hybridized carbons (Fsp3) is 0.412. The summed E-state index contributed by atoms with van der Waals surface area (Å²) in [5.41, 5.74) is 1.16. The second-order valence-corrected chi connectivity index (χ2v) is 5.29. The molecule has 1 unspecified atom stereocenters. The fourth-order valence-electron chi connectivity index (χ4n) is 2.70. The van der Waals surface area contributed by atoms with Crippen LogP contribution in [0.2, 0.25) is 0 Å². The molecule has 1 N–H and O–H groups in total. The first kappa shape index (κ1) is 15.9. The van der Waals surface area contributed by atoms with Crippen LogP contribution in [0.15, 0.2) is 42.5 Å². The molecule has 21 heavy (non-hydrogen) atoms. The topological polar surface area (TPSA) is 15.3 Å². The summed E-state index contributed by atoms with van der Waals surface area (Å²) in [6.07, 6.45) is -2.30. The summed E-state index contributed by atoms with van der Waals surface area (Å²) in [6.45, 7) is 3.19. The molecule has 2 nitrogen and oxygen atoms in total. The lowest BCUT2D eigenvalue weighted by molar-refractivity contribution is 0.0960. The second-order valence-electron chi connectivity index (χ2n) is 5.29. The molecule has 0 spiro atoms. The maximum atomic E-state index is 12.5. The monoisotopic (exact) mass is 292 g/mol. The van der Waals surface area contributed by atoms with Crippen LogP contribution in [0.5, 0.6) is 0 Å². The number of halogens is 2. The zero-order valence-corrected chi connectivity index (χ0v) is 12.5. The van der Waals surface area contributed by atoms with Gasteiger partial charge in [0.25, 0.3) is 6.43 Å². The minimum Gasteiger partial charge on any atom is -0.309 e. The van der Waals surface area contributed by atoms with Crippen LogP contribution in [-0.2, 0) is 0 Å². The summed E-state index contributed by atoms with van der Waals surface area (Å²) in [4.78, 5) is 1.68. The molecular formula is C17H22F2N2. The fourth-order valence-corrected chi connectivity index (χ4v) is 2.70. The molecule has 0 aliphatic rings. The molecule has 0 saturated carbocycles. The van der Waals surface area contributed by atoms with Gasteiger partial charge in [-0.2, -0.15) is 0 Å². The molecule has 0 heterocycles. The number of nitrogens with zero attached hydrogens (tertiary/aromatic N) is 1. The van der Waals surface area contributed by atoms with Crippen molar-refractivity contribution in [3.8, 4) is 0 Å². The summed E-state index contributed by atoms with van der Waals surface area (Å²) in [7, 11) is 1.74. The molecule has 0 fully saturated rings. The molecule has 0 aromatic heterocycles. The molecule has 2 aromatic rings. The number of fused-ring (bicyclic) bond motifs is 1. The first-order valence-corrected chi connectivity index (χ1v) is 7.29. The van der Waals surface area contributed by atoms with E-state index in [1.54, 1.807) is 11.9 Å². The van der Waals surface area contributed by atoms with E-state index in [0.717, 1.165) is 12.1 Å². The highest BCUT2D eigenvalue weighted by atomic mass is 19.3. The third-order valence-corrected chi connectivity index (χ3v) is 3.59. The number of benzene rings is 2. The Hall–Kier alpha value is -1.52. The Morgan fingerprint density at radius 1 is 1.05 bits per heavy atom. The van der Waals surface area contributed by atoms with Crippen molar-refractivity contribution in [3.63, 3.8) is 0 Å². The van der Waals surface area contributed by atoms with E-state index in [1.165, 1.54) is 10.8 Å². The zero-order valence-electron chi connectivity index (χ0n) is 12.5. The molecule has 2 aromatic carbocycles. The van der Waals surface area contributed by atoms with Gasteiger partial charge >= 0.3 is 0 Å². The average Bonchev–Trinajstić information content (AvgIpc) is 2.45. The van der Waals surface area contributed by atoms with Crippen LogP contribution in [0.4, 0.5) is 8.78 Å². The van der Waals surface area contributed by atoms with Gasteiger partial charge in [-0.15, -0.1) is 0 Å². The van der Waals surface area contributed by atoms with Gasteiger partial charge in [0.05, 0.1) is 6.54 Å². The highest BCUT2D eigenvalue weighted by Crippen LogP contribution is 2.25. The van der Waals surface area contributed by atoms with E-state index >= 15 is 0 Å². The number of likely N-dealkylation sites (N-methyl/N-ethyl adjacent to an activating group) is 2. The summed E-state index contributed by atoms with van der Waals surface area (Å²) in [5.74, 6) is 0. The first-order valence-electron chi connectivity index (χ1n) is 7.29. The normalized spacial score (nSPS) is 13.2. The van der Waals surface area contributed by atoms with Gasteiger partial charge in [0.2, 0.25) is 0 Å². The highest BCUT2D eigenvalue weighted by Gasteiger charge is 2.17. The highest BCUT2D eigenvalue weighted by molar-refractivity contribution is 5.86. The first-order chi connectivity index (χ1) is 10.1. The van der Waals surface area contributed by atoms with Crippen LogP contribution in [0.25, 0.3) is 10.8 Å². The predicted molar refractivity (Wildman–Crippen MR) is 83.9 cm³/mol. The summed E-state index contributed by atoms with van der Waals surface area (Å²) >= 11 is 0. The average molecular weight is 292 g/mol. The van der Waals surface area contributed by atoms with Crippen LogP contribution in [0, 0.1) is 0 Å². The maximum Gasteiger partial charge on any atom is 0.251 e. The molecule has 0 aliphatic heterocycles.